The molecule has 1 aliphatic heterocycles. The quantitative estimate of drug-likeness (QED) is 0.840. The molecular weight excluding hydrogens is 380 g/mol. The fourth-order valence-electron chi connectivity index (χ4n) is 2.19. The number of nitrogens with zero attached hydrogens (tertiary/aromatic N) is 1. The minimum Gasteiger partial charge on any atom is -0.314 e. The van der Waals surface area contributed by atoms with Crippen molar-refractivity contribution in [3.05, 3.63) is 34.1 Å². The first-order valence-electron chi connectivity index (χ1n) is 5.77. The van der Waals surface area contributed by atoms with Crippen LogP contribution in [0.2, 0.25) is 0 Å². The van der Waals surface area contributed by atoms with E-state index in [0.29, 0.717) is 30.7 Å². The van der Waals surface area contributed by atoms with Gasteiger partial charge in [-0.05, 0) is 12.1 Å². The van der Waals surface area contributed by atoms with Gasteiger partial charge in [0.2, 0.25) is 0 Å². The summed E-state index contributed by atoms with van der Waals surface area (Å²) in [6.07, 6.45) is -2.60. The molecule has 0 aliphatic carbocycles. The van der Waals surface area contributed by atoms with Crippen molar-refractivity contribution in [3.8, 4) is 0 Å². The summed E-state index contributed by atoms with van der Waals surface area (Å²) >= 11 is 3.13. The number of nitrogens with one attached hydrogen (secondary N) is 1. The maximum Gasteiger partial charge on any atom is 0.258 e. The van der Waals surface area contributed by atoms with Crippen LogP contribution in [0.1, 0.15) is 11.6 Å². The smallest absolute Gasteiger partial charge is 0.258 e. The van der Waals surface area contributed by atoms with Crippen LogP contribution in [-0.2, 0) is 0 Å². The molecule has 0 amide bonds. The van der Waals surface area contributed by atoms with E-state index in [9.17, 15) is 13.2 Å². The predicted octanol–water partition coefficient (Wildman–Crippen LogP) is 3.64. The number of hydrogen-bond donors (Lipinski definition) is 1. The average Bonchev–Trinajstić information content (AvgIpc) is 2.33. The first-order valence-corrected chi connectivity index (χ1v) is 6.57. The van der Waals surface area contributed by atoms with Gasteiger partial charge in [-0.1, -0.05) is 22.0 Å². The summed E-state index contributed by atoms with van der Waals surface area (Å²) in [6, 6.07) is 3.08. The highest BCUT2D eigenvalue weighted by atomic mass is 79.9. The van der Waals surface area contributed by atoms with Crippen molar-refractivity contribution in [1.29, 1.82) is 0 Å². The first-order chi connectivity index (χ1) is 8.59. The molecule has 1 heterocycles. The molecule has 2 nitrogen and oxygen atoms in total. The zero-order chi connectivity index (χ0) is 13.1. The molecule has 8 heteroatoms. The van der Waals surface area contributed by atoms with Crippen LogP contribution in [0, 0.1) is 5.82 Å². The number of piperazine rings is 1. The van der Waals surface area contributed by atoms with Crippen LogP contribution in [0.4, 0.5) is 13.2 Å². The van der Waals surface area contributed by atoms with Crippen molar-refractivity contribution in [2.45, 2.75) is 12.5 Å². The molecule has 1 fully saturated rings. The molecule has 1 N–H and O–H groups in total. The molecule has 1 atom stereocenters. The lowest BCUT2D eigenvalue weighted by molar-refractivity contribution is 0.0164. The molecule has 0 aromatic heterocycles. The van der Waals surface area contributed by atoms with E-state index in [1.165, 1.54) is 12.1 Å². The molecule has 2 rings (SSSR count). The minimum absolute atomic E-state index is 0. The van der Waals surface area contributed by atoms with Crippen LogP contribution in [0.5, 0.6) is 0 Å². The fraction of sp³-hybridized carbons (Fsp3) is 0.500. The Bertz CT molecular complexity index is 418. The zero-order valence-electron chi connectivity index (χ0n) is 10.5. The van der Waals surface area contributed by atoms with Crippen molar-refractivity contribution >= 4 is 40.7 Å². The van der Waals surface area contributed by atoms with Crippen molar-refractivity contribution in [2.24, 2.45) is 0 Å². The normalized spacial score (nSPS) is 17.2. The summed E-state index contributed by atoms with van der Waals surface area (Å²) in [5.41, 5.74) is 0.0649. The van der Waals surface area contributed by atoms with Crippen molar-refractivity contribution in [3.63, 3.8) is 0 Å². The highest BCUT2D eigenvalue weighted by molar-refractivity contribution is 9.10. The molecule has 1 aliphatic rings. The van der Waals surface area contributed by atoms with Crippen molar-refractivity contribution in [1.82, 2.24) is 10.2 Å². The van der Waals surface area contributed by atoms with Crippen molar-refractivity contribution < 1.29 is 13.2 Å². The Kier molecular flexibility index (Phi) is 9.09. The van der Waals surface area contributed by atoms with Gasteiger partial charge in [0, 0.05) is 36.2 Å². The standard InChI is InChI=1S/C12H14BrF3N2.2ClH/c13-8-1-2-9(10(14)7-8)11(12(15)16)18-5-3-17-4-6-18;;/h1-2,7,11-12,17H,3-6H2;2*1H/t11-;;/m1../s1. The fourth-order valence-corrected chi connectivity index (χ4v) is 2.53. The SMILES string of the molecule is Cl.Cl.Fc1cc(Br)ccc1[C@H](C(F)F)N1CCNCC1. The van der Waals surface area contributed by atoms with E-state index in [-0.39, 0.29) is 30.4 Å². The molecule has 1 aromatic carbocycles. The number of hydrogen-bond acceptors (Lipinski definition) is 2. The summed E-state index contributed by atoms with van der Waals surface area (Å²) in [7, 11) is 0. The predicted molar refractivity (Wildman–Crippen MR) is 81.8 cm³/mol. The van der Waals surface area contributed by atoms with Gasteiger partial charge in [-0.15, -0.1) is 24.8 Å². The molecule has 116 valence electrons. The molecule has 0 unspecified atom stereocenters. The Morgan fingerprint density at radius 2 is 1.75 bits per heavy atom. The third kappa shape index (κ3) is 4.77. The Morgan fingerprint density at radius 3 is 2.25 bits per heavy atom. The monoisotopic (exact) mass is 394 g/mol. The van der Waals surface area contributed by atoms with Gasteiger partial charge in [-0.3, -0.25) is 4.90 Å². The second kappa shape index (κ2) is 9.10. The van der Waals surface area contributed by atoms with Gasteiger partial charge in [0.25, 0.3) is 6.43 Å². The number of benzene rings is 1. The number of rotatable bonds is 3. The molecule has 0 saturated carbocycles. The van der Waals surface area contributed by atoms with Gasteiger partial charge in [-0.2, -0.15) is 0 Å². The second-order valence-corrected chi connectivity index (χ2v) is 5.15. The first kappa shape index (κ1) is 20.0. The van der Waals surface area contributed by atoms with Crippen LogP contribution < -0.4 is 5.32 Å². The van der Waals surface area contributed by atoms with E-state index >= 15 is 0 Å². The number of alkyl halides is 2. The van der Waals surface area contributed by atoms with E-state index in [0.717, 1.165) is 0 Å². The number of halogens is 6. The highest BCUT2D eigenvalue weighted by Gasteiger charge is 2.32. The molecule has 1 aromatic rings. The Hall–Kier alpha value is -0.0100. The van der Waals surface area contributed by atoms with Gasteiger partial charge >= 0.3 is 0 Å². The van der Waals surface area contributed by atoms with Gasteiger partial charge in [0.05, 0.1) is 6.04 Å². The topological polar surface area (TPSA) is 15.3 Å². The second-order valence-electron chi connectivity index (χ2n) is 4.23. The zero-order valence-corrected chi connectivity index (χ0v) is 13.7. The summed E-state index contributed by atoms with van der Waals surface area (Å²) in [5, 5.41) is 3.10. The lowest BCUT2D eigenvalue weighted by Gasteiger charge is -2.34. The highest BCUT2D eigenvalue weighted by Crippen LogP contribution is 2.30. The maximum atomic E-state index is 13.8. The van der Waals surface area contributed by atoms with Crippen LogP contribution in [0.15, 0.2) is 22.7 Å². The molecule has 0 radical (unpaired) electrons. The molecule has 1 saturated heterocycles. The minimum atomic E-state index is -2.60. The lowest BCUT2D eigenvalue weighted by atomic mass is 10.0. The maximum absolute atomic E-state index is 13.8. The van der Waals surface area contributed by atoms with E-state index in [1.54, 1.807) is 11.0 Å². The van der Waals surface area contributed by atoms with Crippen LogP contribution >= 0.6 is 40.7 Å². The van der Waals surface area contributed by atoms with E-state index in [4.69, 9.17) is 0 Å². The lowest BCUT2D eigenvalue weighted by Crippen LogP contribution is -2.47. The molecule has 0 spiro atoms. The summed E-state index contributed by atoms with van der Waals surface area (Å²) in [5.74, 6) is -0.590. The largest absolute Gasteiger partial charge is 0.314 e. The van der Waals surface area contributed by atoms with Crippen LogP contribution in [0.25, 0.3) is 0 Å². The summed E-state index contributed by atoms with van der Waals surface area (Å²) < 4.78 is 40.8. The van der Waals surface area contributed by atoms with Crippen molar-refractivity contribution in [2.75, 3.05) is 26.2 Å². The van der Waals surface area contributed by atoms with Gasteiger partial charge in [-0.25, -0.2) is 13.2 Å². The summed E-state index contributed by atoms with van der Waals surface area (Å²) in [6.45, 7) is 2.32. The van der Waals surface area contributed by atoms with E-state index < -0.39 is 18.3 Å². The Labute approximate surface area is 137 Å². The average molecular weight is 396 g/mol. The van der Waals surface area contributed by atoms with Gasteiger partial charge in [0.1, 0.15) is 5.82 Å². The van der Waals surface area contributed by atoms with Crippen LogP contribution in [0.3, 0.4) is 0 Å². The molecule has 0 bridgehead atoms. The van der Waals surface area contributed by atoms with Gasteiger partial charge < -0.3 is 5.32 Å². The van der Waals surface area contributed by atoms with Gasteiger partial charge in [0.15, 0.2) is 0 Å². The Morgan fingerprint density at radius 1 is 1.15 bits per heavy atom. The van der Waals surface area contributed by atoms with E-state index in [1.807, 2.05) is 0 Å². The third-order valence-corrected chi connectivity index (χ3v) is 3.56. The molecule has 20 heavy (non-hydrogen) atoms. The Balaban J connectivity index is 0.00000180. The third-order valence-electron chi connectivity index (χ3n) is 3.06. The van der Waals surface area contributed by atoms with Crippen LogP contribution in [-0.4, -0.2) is 37.5 Å². The molecular formula is C12H16BrCl2F3N2. The van der Waals surface area contributed by atoms with E-state index in [2.05, 4.69) is 21.2 Å². The summed E-state index contributed by atoms with van der Waals surface area (Å²) in [4.78, 5) is 1.63.